The van der Waals surface area contributed by atoms with E-state index in [1.165, 1.54) is 19.2 Å². The van der Waals surface area contributed by atoms with E-state index in [1.807, 2.05) is 6.92 Å². The van der Waals surface area contributed by atoms with Crippen molar-refractivity contribution in [2.24, 2.45) is 11.8 Å². The van der Waals surface area contributed by atoms with E-state index in [1.54, 1.807) is 0 Å². The lowest BCUT2D eigenvalue weighted by Crippen LogP contribution is -2.27. The molecule has 122 valence electrons. The van der Waals surface area contributed by atoms with E-state index in [0.717, 1.165) is 17.0 Å². The summed E-state index contributed by atoms with van der Waals surface area (Å²) in [5.74, 6) is 0.508. The molecule has 0 bridgehead atoms. The third kappa shape index (κ3) is 3.68. The lowest BCUT2D eigenvalue weighted by atomic mass is 10.2. The second kappa shape index (κ2) is 5.75. The summed E-state index contributed by atoms with van der Waals surface area (Å²) in [6.45, 7) is 4.18. The molecule has 2 unspecified atom stereocenters. The molecule has 1 aromatic heterocycles. The molecular formula is C14H21N3O4S. The standard InChI is InChI=1S/C14H21N3O4S/c1-8-5-11(8)9(2)15-12-6-10(14(18)19)7-13(16-12)17(3)22(4,20)21/h6-9,11H,5H2,1-4H3,(H,15,16)(H,18,19)/t8?,9-,11?/m1/s1. The third-order valence-electron chi connectivity index (χ3n) is 4.07. The molecule has 0 radical (unpaired) electrons. The second-order valence-corrected chi connectivity index (χ2v) is 7.96. The fourth-order valence-corrected chi connectivity index (χ4v) is 2.87. The molecule has 1 heterocycles. The quantitative estimate of drug-likeness (QED) is 0.824. The number of aromatic carboxylic acids is 1. The van der Waals surface area contributed by atoms with Crippen LogP contribution in [0.4, 0.5) is 11.6 Å². The molecule has 1 fully saturated rings. The summed E-state index contributed by atoms with van der Waals surface area (Å²) in [6.07, 6.45) is 2.17. The topological polar surface area (TPSA) is 99.6 Å². The molecule has 0 amide bonds. The molecule has 22 heavy (non-hydrogen) atoms. The van der Waals surface area contributed by atoms with E-state index in [4.69, 9.17) is 0 Å². The van der Waals surface area contributed by atoms with Crippen molar-refractivity contribution >= 4 is 27.6 Å². The van der Waals surface area contributed by atoms with Crippen LogP contribution >= 0.6 is 0 Å². The highest BCUT2D eigenvalue weighted by Crippen LogP contribution is 2.41. The van der Waals surface area contributed by atoms with Crippen LogP contribution in [0.2, 0.25) is 0 Å². The lowest BCUT2D eigenvalue weighted by molar-refractivity contribution is 0.0697. The van der Waals surface area contributed by atoms with Gasteiger partial charge in [-0.1, -0.05) is 6.92 Å². The summed E-state index contributed by atoms with van der Waals surface area (Å²) in [6, 6.07) is 2.83. The van der Waals surface area contributed by atoms with E-state index in [0.29, 0.717) is 17.7 Å². The van der Waals surface area contributed by atoms with Crippen molar-refractivity contribution in [3.8, 4) is 0 Å². The Bertz CT molecular complexity index is 689. The zero-order valence-electron chi connectivity index (χ0n) is 13.1. The number of pyridine rings is 1. The number of carboxylic acids is 1. The summed E-state index contributed by atoms with van der Waals surface area (Å²) in [7, 11) is -2.16. The van der Waals surface area contributed by atoms with Crippen LogP contribution in [-0.4, -0.2) is 43.8 Å². The number of carbonyl (C=O) groups is 1. The molecule has 0 spiro atoms. The van der Waals surface area contributed by atoms with Crippen molar-refractivity contribution in [2.45, 2.75) is 26.3 Å². The Hall–Kier alpha value is -1.83. The van der Waals surface area contributed by atoms with Gasteiger partial charge in [-0.2, -0.15) is 0 Å². The summed E-state index contributed by atoms with van der Waals surface area (Å²) >= 11 is 0. The average molecular weight is 327 g/mol. The molecule has 0 aromatic carbocycles. The van der Waals surface area contributed by atoms with Gasteiger partial charge in [-0.3, -0.25) is 4.31 Å². The van der Waals surface area contributed by atoms with Crippen molar-refractivity contribution in [1.82, 2.24) is 4.98 Å². The van der Waals surface area contributed by atoms with Crippen molar-refractivity contribution in [3.05, 3.63) is 17.7 Å². The van der Waals surface area contributed by atoms with Gasteiger partial charge in [0.2, 0.25) is 10.0 Å². The van der Waals surface area contributed by atoms with Gasteiger partial charge in [0.1, 0.15) is 11.6 Å². The lowest BCUT2D eigenvalue weighted by Gasteiger charge is -2.19. The average Bonchev–Trinajstić information content (AvgIpc) is 3.13. The number of rotatable bonds is 6. The van der Waals surface area contributed by atoms with Gasteiger partial charge in [-0.25, -0.2) is 18.2 Å². The minimum absolute atomic E-state index is 0.000884. The number of nitrogens with one attached hydrogen (secondary N) is 1. The maximum Gasteiger partial charge on any atom is 0.335 e. The van der Waals surface area contributed by atoms with Gasteiger partial charge in [-0.05, 0) is 37.3 Å². The van der Waals surface area contributed by atoms with Crippen LogP contribution in [0.1, 0.15) is 30.6 Å². The number of aromatic nitrogens is 1. The van der Waals surface area contributed by atoms with E-state index in [9.17, 15) is 18.3 Å². The molecule has 3 atom stereocenters. The molecule has 0 aliphatic heterocycles. The predicted octanol–water partition coefficient (Wildman–Crippen LogP) is 1.63. The fourth-order valence-electron chi connectivity index (χ4n) is 2.43. The predicted molar refractivity (Wildman–Crippen MR) is 84.8 cm³/mol. The Kier molecular flexibility index (Phi) is 4.32. The van der Waals surface area contributed by atoms with Gasteiger partial charge < -0.3 is 10.4 Å². The number of hydrogen-bond donors (Lipinski definition) is 2. The molecule has 1 saturated carbocycles. The van der Waals surface area contributed by atoms with Crippen LogP contribution in [-0.2, 0) is 10.0 Å². The Morgan fingerprint density at radius 2 is 2.09 bits per heavy atom. The number of sulfonamides is 1. The van der Waals surface area contributed by atoms with Crippen LogP contribution in [0.25, 0.3) is 0 Å². The molecular weight excluding hydrogens is 306 g/mol. The normalized spacial score (nSPS) is 22.0. The van der Waals surface area contributed by atoms with Crippen LogP contribution < -0.4 is 9.62 Å². The van der Waals surface area contributed by atoms with Crippen molar-refractivity contribution in [2.75, 3.05) is 22.9 Å². The Balaban J connectivity index is 2.33. The van der Waals surface area contributed by atoms with Gasteiger partial charge >= 0.3 is 5.97 Å². The van der Waals surface area contributed by atoms with Gasteiger partial charge in [0.25, 0.3) is 0 Å². The van der Waals surface area contributed by atoms with Crippen LogP contribution in [0.15, 0.2) is 12.1 Å². The van der Waals surface area contributed by atoms with Gasteiger partial charge in [-0.15, -0.1) is 0 Å². The first kappa shape index (κ1) is 16.5. The highest BCUT2D eigenvalue weighted by molar-refractivity contribution is 7.92. The Morgan fingerprint density at radius 1 is 1.50 bits per heavy atom. The minimum Gasteiger partial charge on any atom is -0.478 e. The molecule has 1 aromatic rings. The number of hydrogen-bond acceptors (Lipinski definition) is 5. The van der Waals surface area contributed by atoms with Crippen LogP contribution in [0.3, 0.4) is 0 Å². The number of nitrogens with zero attached hydrogens (tertiary/aromatic N) is 2. The van der Waals surface area contributed by atoms with Crippen LogP contribution in [0, 0.1) is 11.8 Å². The molecule has 7 nitrogen and oxygen atoms in total. The Morgan fingerprint density at radius 3 is 2.55 bits per heavy atom. The zero-order chi connectivity index (χ0) is 16.7. The third-order valence-corrected chi connectivity index (χ3v) is 5.25. The smallest absolute Gasteiger partial charge is 0.335 e. The van der Waals surface area contributed by atoms with E-state index < -0.39 is 16.0 Å². The molecule has 2 N–H and O–H groups in total. The molecule has 1 aliphatic carbocycles. The van der Waals surface area contributed by atoms with Gasteiger partial charge in [0.15, 0.2) is 0 Å². The summed E-state index contributed by atoms with van der Waals surface area (Å²) < 4.78 is 24.2. The summed E-state index contributed by atoms with van der Waals surface area (Å²) in [4.78, 5) is 15.5. The van der Waals surface area contributed by atoms with Gasteiger partial charge in [0, 0.05) is 13.1 Å². The van der Waals surface area contributed by atoms with E-state index >= 15 is 0 Å². The molecule has 8 heteroatoms. The number of carboxylic acid groups (broad SMARTS) is 1. The molecule has 1 aliphatic rings. The maximum atomic E-state index is 11.6. The summed E-state index contributed by atoms with van der Waals surface area (Å²) in [5.41, 5.74) is -0.000884. The van der Waals surface area contributed by atoms with Gasteiger partial charge in [0.05, 0.1) is 11.8 Å². The molecule has 2 rings (SSSR count). The number of anilines is 2. The minimum atomic E-state index is -3.51. The first-order chi connectivity index (χ1) is 10.1. The second-order valence-electron chi connectivity index (χ2n) is 5.94. The SMILES string of the molecule is CC1CC1[C@@H](C)Nc1cc(C(=O)O)cc(N(C)S(C)(=O)=O)n1. The maximum absolute atomic E-state index is 11.6. The first-order valence-electron chi connectivity index (χ1n) is 7.05. The highest BCUT2D eigenvalue weighted by Gasteiger charge is 2.37. The van der Waals surface area contributed by atoms with E-state index in [2.05, 4.69) is 17.2 Å². The highest BCUT2D eigenvalue weighted by atomic mass is 32.2. The van der Waals surface area contributed by atoms with Crippen molar-refractivity contribution in [3.63, 3.8) is 0 Å². The monoisotopic (exact) mass is 327 g/mol. The van der Waals surface area contributed by atoms with Crippen LogP contribution in [0.5, 0.6) is 0 Å². The Labute approximate surface area is 130 Å². The van der Waals surface area contributed by atoms with E-state index in [-0.39, 0.29) is 17.4 Å². The molecule has 0 saturated heterocycles. The fraction of sp³-hybridized carbons (Fsp3) is 0.571. The summed E-state index contributed by atoms with van der Waals surface area (Å²) in [5, 5.41) is 12.4. The van der Waals surface area contributed by atoms with Crippen molar-refractivity contribution in [1.29, 1.82) is 0 Å². The van der Waals surface area contributed by atoms with Crippen molar-refractivity contribution < 1.29 is 18.3 Å². The largest absolute Gasteiger partial charge is 0.478 e. The zero-order valence-corrected chi connectivity index (χ0v) is 13.9. The first-order valence-corrected chi connectivity index (χ1v) is 8.90.